The molecule has 3 rings (SSSR count). The van der Waals surface area contributed by atoms with Crippen molar-refractivity contribution < 1.29 is 0 Å². The fourth-order valence-corrected chi connectivity index (χ4v) is 2.49. The number of piperazine rings is 1. The van der Waals surface area contributed by atoms with E-state index in [0.717, 1.165) is 37.4 Å². The summed E-state index contributed by atoms with van der Waals surface area (Å²) in [5, 5.41) is 5.42. The Morgan fingerprint density at radius 1 is 1.04 bits per heavy atom. The summed E-state index contributed by atoms with van der Waals surface area (Å²) in [5.41, 5.74) is 12.2. The van der Waals surface area contributed by atoms with E-state index in [1.54, 1.807) is 0 Å². The van der Waals surface area contributed by atoms with E-state index in [0.29, 0.717) is 17.3 Å². The molecule has 0 saturated carbocycles. The fourth-order valence-electron chi connectivity index (χ4n) is 2.49. The van der Waals surface area contributed by atoms with Crippen LogP contribution in [0.4, 0.5) is 23.0 Å². The lowest BCUT2D eigenvalue weighted by atomic mass is 10.2. The van der Waals surface area contributed by atoms with Crippen LogP contribution in [0.15, 0.2) is 30.6 Å². The number of rotatable bonds is 4. The predicted molar refractivity (Wildman–Crippen MR) is 93.6 cm³/mol. The molecule has 1 saturated heterocycles. The number of nitrogens with one attached hydrogen (secondary N) is 2. The Balaban J connectivity index is 1.75. The fraction of sp³-hybridized carbons (Fsp3) is 0.375. The van der Waals surface area contributed by atoms with Crippen molar-refractivity contribution in [3.05, 3.63) is 36.2 Å². The van der Waals surface area contributed by atoms with Crippen LogP contribution >= 0.6 is 0 Å². The number of nitrogens with zero attached hydrogens (tertiary/aromatic N) is 4. The van der Waals surface area contributed by atoms with Crippen molar-refractivity contribution in [3.8, 4) is 0 Å². The van der Waals surface area contributed by atoms with Gasteiger partial charge in [0.05, 0.1) is 0 Å². The van der Waals surface area contributed by atoms with Crippen molar-refractivity contribution in [2.45, 2.75) is 6.92 Å². The first-order valence-corrected chi connectivity index (χ1v) is 7.77. The number of aryl methyl sites for hydroxylation is 1. The number of anilines is 4. The van der Waals surface area contributed by atoms with Crippen molar-refractivity contribution in [1.82, 2.24) is 19.9 Å². The van der Waals surface area contributed by atoms with Crippen LogP contribution in [-0.4, -0.2) is 53.1 Å². The molecule has 2 heterocycles. The summed E-state index contributed by atoms with van der Waals surface area (Å²) in [6.45, 7) is 5.95. The van der Waals surface area contributed by atoms with E-state index in [-0.39, 0.29) is 0 Å². The number of hydrogen-bond acceptors (Lipinski definition) is 7. The zero-order chi connectivity index (χ0) is 16.2. The Bertz CT molecular complexity index is 665. The van der Waals surface area contributed by atoms with Gasteiger partial charge in [0.2, 0.25) is 0 Å². The highest BCUT2D eigenvalue weighted by Gasteiger charge is 2.16. The average molecular weight is 313 g/mol. The highest BCUT2D eigenvalue weighted by Crippen LogP contribution is 2.27. The van der Waals surface area contributed by atoms with Crippen molar-refractivity contribution in [1.29, 1.82) is 0 Å². The Morgan fingerprint density at radius 3 is 2.48 bits per heavy atom. The molecule has 1 fully saturated rings. The molecule has 1 aliphatic rings. The van der Waals surface area contributed by atoms with Crippen molar-refractivity contribution in [3.63, 3.8) is 0 Å². The van der Waals surface area contributed by atoms with Crippen LogP contribution in [0.5, 0.6) is 0 Å². The SMILES string of the molecule is Cc1ccccc1Nc1ncnc(NN2CCN(C)CC2)c1N. The third-order valence-corrected chi connectivity index (χ3v) is 4.05. The van der Waals surface area contributed by atoms with Crippen LogP contribution in [0.2, 0.25) is 0 Å². The molecular weight excluding hydrogens is 290 g/mol. The molecule has 0 radical (unpaired) electrons. The third kappa shape index (κ3) is 3.69. The second kappa shape index (κ2) is 6.80. The Morgan fingerprint density at radius 2 is 1.74 bits per heavy atom. The molecule has 0 bridgehead atoms. The van der Waals surface area contributed by atoms with Crippen LogP contribution in [0.1, 0.15) is 5.56 Å². The first kappa shape index (κ1) is 15.5. The number of para-hydroxylation sites is 1. The highest BCUT2D eigenvalue weighted by molar-refractivity contribution is 5.78. The smallest absolute Gasteiger partial charge is 0.169 e. The molecule has 122 valence electrons. The van der Waals surface area contributed by atoms with Crippen molar-refractivity contribution >= 4 is 23.0 Å². The molecule has 1 aromatic heterocycles. The van der Waals surface area contributed by atoms with E-state index in [9.17, 15) is 0 Å². The minimum atomic E-state index is 0.523. The summed E-state index contributed by atoms with van der Waals surface area (Å²) >= 11 is 0. The summed E-state index contributed by atoms with van der Waals surface area (Å²) in [5.74, 6) is 1.26. The van der Waals surface area contributed by atoms with Gasteiger partial charge in [0.25, 0.3) is 0 Å². The summed E-state index contributed by atoms with van der Waals surface area (Å²) in [7, 11) is 2.13. The van der Waals surface area contributed by atoms with E-state index in [1.807, 2.05) is 31.2 Å². The molecule has 0 aliphatic carbocycles. The number of nitrogen functional groups attached to an aromatic ring is 1. The summed E-state index contributed by atoms with van der Waals surface area (Å²) in [4.78, 5) is 10.8. The van der Waals surface area contributed by atoms with Crippen LogP contribution in [-0.2, 0) is 0 Å². The van der Waals surface area contributed by atoms with E-state index >= 15 is 0 Å². The zero-order valence-corrected chi connectivity index (χ0v) is 13.6. The minimum absolute atomic E-state index is 0.523. The average Bonchev–Trinajstić information content (AvgIpc) is 2.55. The zero-order valence-electron chi connectivity index (χ0n) is 13.6. The van der Waals surface area contributed by atoms with E-state index < -0.39 is 0 Å². The molecule has 0 unspecified atom stereocenters. The topological polar surface area (TPSA) is 82.3 Å². The Kier molecular flexibility index (Phi) is 4.59. The lowest BCUT2D eigenvalue weighted by molar-refractivity contribution is 0.178. The lowest BCUT2D eigenvalue weighted by Crippen LogP contribution is -2.47. The first-order chi connectivity index (χ1) is 11.1. The van der Waals surface area contributed by atoms with Crippen molar-refractivity contribution in [2.75, 3.05) is 49.7 Å². The predicted octanol–water partition coefficient (Wildman–Crippen LogP) is 1.69. The van der Waals surface area contributed by atoms with E-state index in [1.165, 1.54) is 6.33 Å². The molecule has 7 heteroatoms. The monoisotopic (exact) mass is 313 g/mol. The van der Waals surface area contributed by atoms with Gasteiger partial charge in [-0.05, 0) is 25.6 Å². The van der Waals surface area contributed by atoms with Gasteiger partial charge in [-0.25, -0.2) is 15.0 Å². The molecular formula is C16H23N7. The standard InChI is InChI=1S/C16H23N7/c1-12-5-3-4-6-13(12)20-15-14(17)16(19-11-18-15)21-23-9-7-22(2)8-10-23/h3-6,11H,7-10,17H2,1-2H3,(H2,18,19,20,21). The van der Waals surface area contributed by atoms with Crippen LogP contribution < -0.4 is 16.5 Å². The van der Waals surface area contributed by atoms with Gasteiger partial charge in [0.1, 0.15) is 12.0 Å². The van der Waals surface area contributed by atoms with Gasteiger partial charge in [0.15, 0.2) is 11.6 Å². The van der Waals surface area contributed by atoms with Gasteiger partial charge in [-0.15, -0.1) is 0 Å². The normalized spacial score (nSPS) is 16.3. The van der Waals surface area contributed by atoms with Gasteiger partial charge < -0.3 is 21.4 Å². The summed E-state index contributed by atoms with van der Waals surface area (Å²) < 4.78 is 0. The summed E-state index contributed by atoms with van der Waals surface area (Å²) in [6, 6.07) is 8.04. The van der Waals surface area contributed by atoms with Gasteiger partial charge in [0, 0.05) is 31.9 Å². The van der Waals surface area contributed by atoms with Crippen LogP contribution in [0.3, 0.4) is 0 Å². The molecule has 0 amide bonds. The molecule has 1 aromatic carbocycles. The maximum atomic E-state index is 6.24. The van der Waals surface area contributed by atoms with Crippen LogP contribution in [0, 0.1) is 6.92 Å². The van der Waals surface area contributed by atoms with E-state index in [2.05, 4.69) is 37.7 Å². The largest absolute Gasteiger partial charge is 0.393 e. The first-order valence-electron chi connectivity index (χ1n) is 7.77. The molecule has 2 aromatic rings. The maximum absolute atomic E-state index is 6.24. The second-order valence-corrected chi connectivity index (χ2v) is 5.83. The van der Waals surface area contributed by atoms with Crippen molar-refractivity contribution in [2.24, 2.45) is 0 Å². The number of likely N-dealkylation sites (N-methyl/N-ethyl adjacent to an activating group) is 1. The third-order valence-electron chi connectivity index (χ3n) is 4.05. The number of aromatic nitrogens is 2. The Labute approximate surface area is 136 Å². The number of nitrogens with two attached hydrogens (primary N) is 1. The quantitative estimate of drug-likeness (QED) is 0.792. The lowest BCUT2D eigenvalue weighted by Gasteiger charge is -2.33. The van der Waals surface area contributed by atoms with Gasteiger partial charge in [-0.1, -0.05) is 18.2 Å². The van der Waals surface area contributed by atoms with Crippen LogP contribution in [0.25, 0.3) is 0 Å². The number of hydrazine groups is 1. The summed E-state index contributed by atoms with van der Waals surface area (Å²) in [6.07, 6.45) is 1.52. The molecule has 23 heavy (non-hydrogen) atoms. The van der Waals surface area contributed by atoms with E-state index in [4.69, 9.17) is 5.73 Å². The van der Waals surface area contributed by atoms with Gasteiger partial charge in [-0.3, -0.25) is 0 Å². The maximum Gasteiger partial charge on any atom is 0.169 e. The number of hydrogen-bond donors (Lipinski definition) is 3. The molecule has 4 N–H and O–H groups in total. The Hall–Kier alpha value is -2.38. The molecule has 1 aliphatic heterocycles. The highest BCUT2D eigenvalue weighted by atomic mass is 15.5. The minimum Gasteiger partial charge on any atom is -0.393 e. The van der Waals surface area contributed by atoms with Gasteiger partial charge in [-0.2, -0.15) is 0 Å². The molecule has 7 nitrogen and oxygen atoms in total. The number of benzene rings is 1. The molecule has 0 spiro atoms. The molecule has 0 atom stereocenters. The second-order valence-electron chi connectivity index (χ2n) is 5.83. The van der Waals surface area contributed by atoms with Gasteiger partial charge >= 0.3 is 0 Å².